The van der Waals surface area contributed by atoms with Crippen molar-refractivity contribution in [3.05, 3.63) is 22.9 Å². The minimum absolute atomic E-state index is 0.683. The molecule has 0 aromatic carbocycles. The van der Waals surface area contributed by atoms with Crippen LogP contribution in [0.2, 0.25) is 0 Å². The molecule has 0 N–H and O–H groups in total. The van der Waals surface area contributed by atoms with Gasteiger partial charge < -0.3 is 4.74 Å². The molecule has 0 amide bonds. The number of nitrogens with zero attached hydrogens (tertiary/aromatic N) is 1. The maximum Gasteiger partial charge on any atom is 0.179 e. The molecule has 0 fully saturated rings. The summed E-state index contributed by atoms with van der Waals surface area (Å²) in [4.78, 5) is 3.90. The van der Waals surface area contributed by atoms with Crippen molar-refractivity contribution in [2.75, 3.05) is 6.61 Å². The van der Waals surface area contributed by atoms with E-state index < -0.39 is 5.98 Å². The monoisotopic (exact) mass is 337 g/mol. The second kappa shape index (κ2) is 8.99. The van der Waals surface area contributed by atoms with E-state index in [4.69, 9.17) is 38.5 Å². The minimum atomic E-state index is -1.20. The van der Waals surface area contributed by atoms with Gasteiger partial charge in [-0.3, -0.25) is 4.98 Å². The van der Waals surface area contributed by atoms with Crippen molar-refractivity contribution in [3.63, 3.8) is 0 Å². The van der Waals surface area contributed by atoms with Crippen LogP contribution in [0.25, 0.3) is 0 Å². The van der Waals surface area contributed by atoms with Crippen molar-refractivity contribution in [2.45, 2.75) is 6.92 Å². The van der Waals surface area contributed by atoms with E-state index in [0.717, 1.165) is 10.2 Å². The standard InChI is InChI=1S/C7H8BrNO.Cl3P/c1-2-10-7-3-4-9-5-6(7)8;1-4(2)3/h3-5H,2H2,1H3;. The van der Waals surface area contributed by atoms with Gasteiger partial charge in [0.15, 0.2) is 5.98 Å². The topological polar surface area (TPSA) is 22.1 Å². The van der Waals surface area contributed by atoms with Crippen LogP contribution < -0.4 is 4.74 Å². The van der Waals surface area contributed by atoms with Crippen LogP contribution in [0.4, 0.5) is 0 Å². The Morgan fingerprint density at radius 2 is 2.07 bits per heavy atom. The van der Waals surface area contributed by atoms with Gasteiger partial charge in [-0.1, -0.05) is 33.7 Å². The van der Waals surface area contributed by atoms with Crippen LogP contribution in [0.3, 0.4) is 0 Å². The molecule has 0 radical (unpaired) electrons. The molecule has 0 aliphatic heterocycles. The van der Waals surface area contributed by atoms with Crippen molar-refractivity contribution in [3.8, 4) is 5.75 Å². The highest BCUT2D eigenvalue weighted by molar-refractivity contribution is 9.10. The Balaban J connectivity index is 0.000000364. The molecular weight excluding hydrogens is 331 g/mol. The van der Waals surface area contributed by atoms with Crippen molar-refractivity contribution >= 4 is 55.6 Å². The molecule has 0 spiro atoms. The van der Waals surface area contributed by atoms with E-state index in [2.05, 4.69) is 20.9 Å². The van der Waals surface area contributed by atoms with Crippen LogP contribution in [0.5, 0.6) is 5.75 Å². The van der Waals surface area contributed by atoms with Crippen molar-refractivity contribution < 1.29 is 4.74 Å². The first-order valence-corrected chi connectivity index (χ1v) is 8.42. The Hall–Kier alpha value is 0.730. The quantitative estimate of drug-likeness (QED) is 0.693. The lowest BCUT2D eigenvalue weighted by molar-refractivity contribution is 0.337. The summed E-state index contributed by atoms with van der Waals surface area (Å²) in [7, 11) is 0. The van der Waals surface area contributed by atoms with Crippen molar-refractivity contribution in [2.24, 2.45) is 0 Å². The van der Waals surface area contributed by atoms with Crippen LogP contribution >= 0.6 is 55.6 Å². The first-order valence-electron chi connectivity index (χ1n) is 3.57. The van der Waals surface area contributed by atoms with Crippen molar-refractivity contribution in [1.29, 1.82) is 0 Å². The number of ether oxygens (including phenoxy) is 1. The van der Waals surface area contributed by atoms with Gasteiger partial charge in [-0.05, 0) is 28.9 Å². The Morgan fingerprint density at radius 3 is 2.50 bits per heavy atom. The van der Waals surface area contributed by atoms with Crippen LogP contribution in [-0.4, -0.2) is 11.6 Å². The summed E-state index contributed by atoms with van der Waals surface area (Å²) in [6.45, 7) is 2.63. The number of hydrogen-bond acceptors (Lipinski definition) is 2. The van der Waals surface area contributed by atoms with Gasteiger partial charge in [0.1, 0.15) is 5.75 Å². The predicted molar refractivity (Wildman–Crippen MR) is 67.6 cm³/mol. The molecule has 1 heterocycles. The fourth-order valence-electron chi connectivity index (χ4n) is 0.635. The Labute approximate surface area is 107 Å². The first-order chi connectivity index (χ1) is 6.57. The zero-order valence-corrected chi connectivity index (χ0v) is 12.0. The van der Waals surface area contributed by atoms with Gasteiger partial charge in [0, 0.05) is 12.4 Å². The molecule has 0 bridgehead atoms. The van der Waals surface area contributed by atoms with E-state index in [1.807, 2.05) is 13.0 Å². The smallest absolute Gasteiger partial charge is 0.179 e. The van der Waals surface area contributed by atoms with Crippen LogP contribution in [0.15, 0.2) is 22.9 Å². The number of rotatable bonds is 2. The average Bonchev–Trinajstić information content (AvgIpc) is 2.08. The zero-order chi connectivity index (χ0) is 11.0. The van der Waals surface area contributed by atoms with Crippen LogP contribution in [0.1, 0.15) is 6.92 Å². The third-order valence-corrected chi connectivity index (χ3v) is 1.63. The SMILES string of the molecule is CCOc1ccncc1Br.ClP(Cl)Cl. The summed E-state index contributed by atoms with van der Waals surface area (Å²) in [6.07, 6.45) is 3.42. The van der Waals surface area contributed by atoms with Gasteiger partial charge in [0.2, 0.25) is 0 Å². The van der Waals surface area contributed by atoms with Gasteiger partial charge in [0.25, 0.3) is 0 Å². The summed E-state index contributed by atoms with van der Waals surface area (Å²) in [5.74, 6) is -0.359. The first kappa shape index (κ1) is 14.7. The fraction of sp³-hybridized carbons (Fsp3) is 0.286. The van der Waals surface area contributed by atoms with E-state index in [-0.39, 0.29) is 0 Å². The molecule has 14 heavy (non-hydrogen) atoms. The molecule has 0 aliphatic carbocycles. The third-order valence-electron chi connectivity index (χ3n) is 1.04. The highest BCUT2D eigenvalue weighted by Gasteiger charge is 1.96. The summed E-state index contributed by atoms with van der Waals surface area (Å²) in [5, 5.41) is 0. The molecule has 1 aromatic rings. The number of pyridine rings is 1. The molecule has 0 unspecified atom stereocenters. The number of halogens is 4. The Kier molecular flexibility index (Phi) is 9.46. The lowest BCUT2D eigenvalue weighted by Crippen LogP contribution is -1.91. The molecule has 1 aromatic heterocycles. The second-order valence-electron chi connectivity index (χ2n) is 1.93. The normalized spacial score (nSPS) is 9.29. The van der Waals surface area contributed by atoms with E-state index in [1.54, 1.807) is 12.4 Å². The average molecular weight is 339 g/mol. The van der Waals surface area contributed by atoms with Crippen molar-refractivity contribution in [1.82, 2.24) is 4.98 Å². The molecule has 0 aliphatic rings. The van der Waals surface area contributed by atoms with E-state index in [1.165, 1.54) is 0 Å². The molecule has 2 nitrogen and oxygen atoms in total. The molecule has 1 rings (SSSR count). The molecule has 0 atom stereocenters. The molecule has 80 valence electrons. The Bertz CT molecular complexity index is 262. The molecule has 0 saturated heterocycles. The zero-order valence-electron chi connectivity index (χ0n) is 7.25. The molecule has 0 saturated carbocycles. The summed E-state index contributed by atoms with van der Waals surface area (Å²) < 4.78 is 6.15. The summed E-state index contributed by atoms with van der Waals surface area (Å²) in [5.41, 5.74) is 0. The lowest BCUT2D eigenvalue weighted by atomic mass is 10.4. The lowest BCUT2D eigenvalue weighted by Gasteiger charge is -2.02. The van der Waals surface area contributed by atoms with Crippen LogP contribution in [-0.2, 0) is 0 Å². The van der Waals surface area contributed by atoms with E-state index in [9.17, 15) is 0 Å². The summed E-state index contributed by atoms with van der Waals surface area (Å²) in [6, 6.07) is 1.83. The van der Waals surface area contributed by atoms with Gasteiger partial charge >= 0.3 is 0 Å². The maximum atomic E-state index is 5.25. The minimum Gasteiger partial charge on any atom is -0.493 e. The third kappa shape index (κ3) is 8.07. The highest BCUT2D eigenvalue weighted by Crippen LogP contribution is 2.51. The van der Waals surface area contributed by atoms with Gasteiger partial charge in [-0.15, -0.1) is 0 Å². The number of hydrogen-bond donors (Lipinski definition) is 0. The Morgan fingerprint density at radius 1 is 1.50 bits per heavy atom. The predicted octanol–water partition coefficient (Wildman–Crippen LogP) is 5.17. The van der Waals surface area contributed by atoms with E-state index in [0.29, 0.717) is 6.61 Å². The second-order valence-corrected chi connectivity index (χ2v) is 7.77. The maximum absolute atomic E-state index is 5.25. The van der Waals surface area contributed by atoms with Crippen LogP contribution in [0, 0.1) is 0 Å². The van der Waals surface area contributed by atoms with Gasteiger partial charge in [-0.25, -0.2) is 0 Å². The molecular formula is C7H8BrCl3NOP. The summed E-state index contributed by atoms with van der Waals surface area (Å²) >= 11 is 17.9. The largest absolute Gasteiger partial charge is 0.493 e. The highest BCUT2D eigenvalue weighted by atomic mass is 79.9. The van der Waals surface area contributed by atoms with Gasteiger partial charge in [-0.2, -0.15) is 0 Å². The van der Waals surface area contributed by atoms with Gasteiger partial charge in [0.05, 0.1) is 11.1 Å². The number of aromatic nitrogens is 1. The van der Waals surface area contributed by atoms with E-state index >= 15 is 0 Å². The fourth-order valence-corrected chi connectivity index (χ4v) is 1.000. The molecule has 7 heteroatoms.